The Morgan fingerprint density at radius 1 is 1.08 bits per heavy atom. The van der Waals surface area contributed by atoms with Gasteiger partial charge < -0.3 is 15.0 Å². The molecule has 200 valence electrons. The van der Waals surface area contributed by atoms with Crippen molar-refractivity contribution in [3.05, 3.63) is 94.3 Å². The molecule has 0 aliphatic carbocycles. The van der Waals surface area contributed by atoms with E-state index in [4.69, 9.17) is 16.3 Å². The first-order valence-corrected chi connectivity index (χ1v) is 12.5. The molecule has 1 fully saturated rings. The summed E-state index contributed by atoms with van der Waals surface area (Å²) < 4.78 is 45.8. The third-order valence-corrected chi connectivity index (χ3v) is 6.66. The summed E-state index contributed by atoms with van der Waals surface area (Å²) in [5.74, 6) is -4.66. The second kappa shape index (κ2) is 12.3. The highest BCUT2D eigenvalue weighted by Gasteiger charge is 2.36. The largest absolute Gasteiger partial charge is 0.488 e. The van der Waals surface area contributed by atoms with Gasteiger partial charge in [-0.25, -0.2) is 8.78 Å². The number of hydrogen-bond acceptors (Lipinski definition) is 4. The summed E-state index contributed by atoms with van der Waals surface area (Å²) in [5.41, 5.74) is 2.30. The second-order valence-electron chi connectivity index (χ2n) is 8.99. The lowest BCUT2D eigenvalue weighted by Crippen LogP contribution is -2.60. The molecule has 0 saturated carbocycles. The minimum Gasteiger partial charge on any atom is -0.488 e. The first-order chi connectivity index (χ1) is 18.3. The van der Waals surface area contributed by atoms with Crippen LogP contribution in [-0.2, 0) is 22.6 Å². The Morgan fingerprint density at radius 2 is 1.79 bits per heavy atom. The maximum absolute atomic E-state index is 13.7. The summed E-state index contributed by atoms with van der Waals surface area (Å²) in [5, 5.41) is 3.57. The number of rotatable bonds is 9. The number of aryl methyl sites for hydroxylation is 1. The molecule has 1 atom stereocenters. The third-order valence-electron chi connectivity index (χ3n) is 6.29. The van der Waals surface area contributed by atoms with Crippen LogP contribution in [0.25, 0.3) is 0 Å². The van der Waals surface area contributed by atoms with Gasteiger partial charge in [-0.3, -0.25) is 14.5 Å². The fourth-order valence-electron chi connectivity index (χ4n) is 4.32. The molecule has 1 aliphatic rings. The van der Waals surface area contributed by atoms with Crippen LogP contribution in [0.5, 0.6) is 5.75 Å². The number of carbonyl (C=O) groups excluding carboxylic acids is 2. The minimum absolute atomic E-state index is 0.0103. The lowest BCUT2D eigenvalue weighted by Gasteiger charge is -2.37. The fraction of sp³-hybridized carbons (Fsp3) is 0.286. The molecule has 3 aromatic carbocycles. The number of hydrogen-bond donors (Lipinski definition) is 1. The molecule has 4 rings (SSSR count). The van der Waals surface area contributed by atoms with Gasteiger partial charge >= 0.3 is 0 Å². The number of halogens is 4. The molecule has 0 bridgehead atoms. The molecular formula is C28H27ClF3N3O3. The van der Waals surface area contributed by atoms with Gasteiger partial charge in [-0.05, 0) is 54.3 Å². The van der Waals surface area contributed by atoms with Gasteiger partial charge in [0.15, 0.2) is 17.4 Å². The predicted molar refractivity (Wildman–Crippen MR) is 139 cm³/mol. The maximum atomic E-state index is 13.7. The Morgan fingerprint density at radius 3 is 2.53 bits per heavy atom. The van der Waals surface area contributed by atoms with Gasteiger partial charge in [-0.1, -0.05) is 41.9 Å². The van der Waals surface area contributed by atoms with E-state index in [1.807, 2.05) is 30.3 Å². The van der Waals surface area contributed by atoms with Crippen molar-refractivity contribution in [1.82, 2.24) is 10.2 Å². The first-order valence-electron chi connectivity index (χ1n) is 12.1. The van der Waals surface area contributed by atoms with E-state index in [0.29, 0.717) is 42.7 Å². The van der Waals surface area contributed by atoms with Crippen molar-refractivity contribution in [3.63, 3.8) is 0 Å². The van der Waals surface area contributed by atoms with Crippen LogP contribution >= 0.6 is 11.6 Å². The van der Waals surface area contributed by atoms with Gasteiger partial charge in [-0.2, -0.15) is 4.39 Å². The van der Waals surface area contributed by atoms with Crippen LogP contribution in [0.2, 0.25) is 5.02 Å². The quantitative estimate of drug-likeness (QED) is 0.312. The van der Waals surface area contributed by atoms with Gasteiger partial charge in [0.1, 0.15) is 6.04 Å². The Kier molecular flexibility index (Phi) is 8.91. The zero-order valence-electron chi connectivity index (χ0n) is 20.7. The molecule has 1 aliphatic heterocycles. The standard InChI is InChI=1S/C28H27ClF3N3O3/c1-34(17-19-6-2-3-7-21(19)29)28(37)24-15-33-16-25(36)35(24)20-10-8-18(9-11-20)5-4-14-38-27-23(31)13-12-22(30)26(27)32/h2-3,6-13,24,33H,4-5,14-17H2,1H3/t24-/m1/s1. The number of ether oxygens (including phenoxy) is 1. The molecule has 0 unspecified atom stereocenters. The number of piperazine rings is 1. The Hall–Kier alpha value is -3.56. The van der Waals surface area contributed by atoms with E-state index in [-0.39, 0.29) is 25.0 Å². The van der Waals surface area contributed by atoms with Crippen molar-refractivity contribution in [2.75, 3.05) is 31.6 Å². The van der Waals surface area contributed by atoms with E-state index in [9.17, 15) is 22.8 Å². The van der Waals surface area contributed by atoms with Crippen LogP contribution in [0.3, 0.4) is 0 Å². The highest BCUT2D eigenvalue weighted by Crippen LogP contribution is 2.25. The topological polar surface area (TPSA) is 61.9 Å². The van der Waals surface area contributed by atoms with E-state index in [1.54, 1.807) is 30.1 Å². The van der Waals surface area contributed by atoms with Crippen LogP contribution in [0.4, 0.5) is 18.9 Å². The van der Waals surface area contributed by atoms with Crippen LogP contribution < -0.4 is 15.0 Å². The Labute approximate surface area is 223 Å². The molecule has 1 N–H and O–H groups in total. The van der Waals surface area contributed by atoms with Crippen molar-refractivity contribution in [1.29, 1.82) is 0 Å². The van der Waals surface area contributed by atoms with E-state index in [0.717, 1.165) is 17.2 Å². The first kappa shape index (κ1) is 27.5. The zero-order chi connectivity index (χ0) is 27.2. The summed E-state index contributed by atoms with van der Waals surface area (Å²) in [7, 11) is 1.68. The number of amides is 2. The summed E-state index contributed by atoms with van der Waals surface area (Å²) >= 11 is 6.25. The van der Waals surface area contributed by atoms with E-state index < -0.39 is 29.2 Å². The van der Waals surface area contributed by atoms with Gasteiger partial charge in [0.05, 0.1) is 13.2 Å². The lowest BCUT2D eigenvalue weighted by atomic mass is 10.1. The van der Waals surface area contributed by atoms with E-state index in [1.165, 1.54) is 4.90 Å². The summed E-state index contributed by atoms with van der Waals surface area (Å²) in [6, 6.07) is 15.3. The van der Waals surface area contributed by atoms with Gasteiger partial charge in [-0.15, -0.1) is 0 Å². The molecule has 38 heavy (non-hydrogen) atoms. The molecule has 1 saturated heterocycles. The molecule has 0 radical (unpaired) electrons. The Bertz CT molecular complexity index is 1310. The molecular weight excluding hydrogens is 519 g/mol. The number of nitrogens with zero attached hydrogens (tertiary/aromatic N) is 2. The number of anilines is 1. The number of nitrogens with one attached hydrogen (secondary N) is 1. The summed E-state index contributed by atoms with van der Waals surface area (Å²) in [6.07, 6.45) is 0.951. The van der Waals surface area contributed by atoms with E-state index in [2.05, 4.69) is 5.32 Å². The monoisotopic (exact) mass is 545 g/mol. The average Bonchev–Trinajstić information content (AvgIpc) is 2.91. The number of likely N-dealkylation sites (N-methyl/N-ethyl adjacent to an activating group) is 1. The normalized spacial score (nSPS) is 15.4. The number of benzene rings is 3. The summed E-state index contributed by atoms with van der Waals surface area (Å²) in [6.45, 7) is 0.721. The molecule has 2 amide bonds. The van der Waals surface area contributed by atoms with Crippen molar-refractivity contribution in [3.8, 4) is 5.75 Å². The average molecular weight is 546 g/mol. The van der Waals surface area contributed by atoms with Gasteiger partial charge in [0.25, 0.3) is 0 Å². The van der Waals surface area contributed by atoms with Crippen molar-refractivity contribution >= 4 is 29.1 Å². The highest BCUT2D eigenvalue weighted by molar-refractivity contribution is 6.31. The van der Waals surface area contributed by atoms with Gasteiger partial charge in [0.2, 0.25) is 17.6 Å². The lowest BCUT2D eigenvalue weighted by molar-refractivity contribution is -0.134. The molecule has 1 heterocycles. The minimum atomic E-state index is -1.35. The zero-order valence-corrected chi connectivity index (χ0v) is 21.5. The maximum Gasteiger partial charge on any atom is 0.247 e. The van der Waals surface area contributed by atoms with Crippen molar-refractivity contribution < 1.29 is 27.5 Å². The highest BCUT2D eigenvalue weighted by atomic mass is 35.5. The molecule has 0 spiro atoms. The smallest absolute Gasteiger partial charge is 0.247 e. The van der Waals surface area contributed by atoms with Crippen molar-refractivity contribution in [2.45, 2.75) is 25.4 Å². The van der Waals surface area contributed by atoms with Crippen LogP contribution in [0, 0.1) is 17.5 Å². The van der Waals surface area contributed by atoms with Crippen LogP contribution in [0.15, 0.2) is 60.7 Å². The van der Waals surface area contributed by atoms with Crippen LogP contribution in [-0.4, -0.2) is 49.5 Å². The SMILES string of the molecule is CN(Cc1ccccc1Cl)C(=O)[C@H]1CNCC(=O)N1c1ccc(CCCOc2c(F)ccc(F)c2F)cc1. The van der Waals surface area contributed by atoms with E-state index >= 15 is 0 Å². The molecule has 6 nitrogen and oxygen atoms in total. The second-order valence-corrected chi connectivity index (χ2v) is 9.39. The molecule has 3 aromatic rings. The van der Waals surface area contributed by atoms with Crippen molar-refractivity contribution in [2.24, 2.45) is 0 Å². The summed E-state index contributed by atoms with van der Waals surface area (Å²) in [4.78, 5) is 29.2. The fourth-order valence-corrected chi connectivity index (χ4v) is 4.51. The Balaban J connectivity index is 1.38. The molecule has 10 heteroatoms. The molecule has 0 aromatic heterocycles. The van der Waals surface area contributed by atoms with Gasteiger partial charge in [0, 0.05) is 30.8 Å². The third kappa shape index (κ3) is 6.28. The van der Waals surface area contributed by atoms with Crippen LogP contribution in [0.1, 0.15) is 17.5 Å². The number of carbonyl (C=O) groups is 2. The predicted octanol–water partition coefficient (Wildman–Crippen LogP) is 4.73.